The number of methoxy groups -OCH3 is 1. The molecule has 0 aliphatic carbocycles. The molecule has 0 saturated carbocycles. The molecule has 0 aliphatic rings. The van der Waals surface area contributed by atoms with Crippen molar-refractivity contribution in [2.24, 2.45) is 0 Å². The summed E-state index contributed by atoms with van der Waals surface area (Å²) >= 11 is 0. The van der Waals surface area contributed by atoms with Crippen molar-refractivity contribution in [2.75, 3.05) is 7.11 Å². The molecule has 0 N–H and O–H groups in total. The number of carbonyl (C=O) groups excluding carboxylic acids is 1. The molecule has 0 radical (unpaired) electrons. The number of rotatable bonds is 7. The molecule has 3 aromatic heterocycles. The van der Waals surface area contributed by atoms with Crippen LogP contribution in [0.15, 0.2) is 83.9 Å². The molecule has 0 bridgehead atoms. The molecule has 1 aromatic carbocycles. The highest BCUT2D eigenvalue weighted by Gasteiger charge is 2.25. The van der Waals surface area contributed by atoms with Gasteiger partial charge in [0.15, 0.2) is 11.4 Å². The summed E-state index contributed by atoms with van der Waals surface area (Å²) in [6.07, 6.45) is 6.74. The summed E-state index contributed by atoms with van der Waals surface area (Å²) in [5.74, 6) is 0.843. The van der Waals surface area contributed by atoms with Gasteiger partial charge >= 0.3 is 0 Å². The highest BCUT2D eigenvalue weighted by molar-refractivity contribution is 5.95. The van der Waals surface area contributed by atoms with Crippen molar-refractivity contribution in [3.63, 3.8) is 0 Å². The maximum absolute atomic E-state index is 13.4. The van der Waals surface area contributed by atoms with E-state index < -0.39 is 0 Å². The second-order valence-electron chi connectivity index (χ2n) is 6.43. The smallest absolute Gasteiger partial charge is 0.278 e. The Hall–Kier alpha value is -3.87. The van der Waals surface area contributed by atoms with E-state index >= 15 is 0 Å². The van der Waals surface area contributed by atoms with Gasteiger partial charge in [0, 0.05) is 18.9 Å². The number of para-hydroxylation sites is 1. The van der Waals surface area contributed by atoms with E-state index in [-0.39, 0.29) is 11.6 Å². The van der Waals surface area contributed by atoms with Crippen molar-refractivity contribution in [1.29, 1.82) is 0 Å². The average molecular weight is 388 g/mol. The van der Waals surface area contributed by atoms with Crippen LogP contribution in [0.2, 0.25) is 0 Å². The molecule has 3 heterocycles. The van der Waals surface area contributed by atoms with Gasteiger partial charge in [-0.1, -0.05) is 24.3 Å². The largest absolute Gasteiger partial charge is 0.493 e. The minimum Gasteiger partial charge on any atom is -0.493 e. The van der Waals surface area contributed by atoms with Gasteiger partial charge in [-0.3, -0.25) is 9.78 Å². The number of carbonyl (C=O) groups is 1. The van der Waals surface area contributed by atoms with E-state index in [9.17, 15) is 4.79 Å². The zero-order valence-corrected chi connectivity index (χ0v) is 15.9. The lowest BCUT2D eigenvalue weighted by Gasteiger charge is -2.21. The summed E-state index contributed by atoms with van der Waals surface area (Å²) in [6.45, 7) is 0.677. The lowest BCUT2D eigenvalue weighted by Crippen LogP contribution is -2.30. The summed E-state index contributed by atoms with van der Waals surface area (Å²) in [5, 5.41) is 4.50. The molecule has 0 fully saturated rings. The number of nitrogens with zero attached hydrogens (tertiary/aromatic N) is 4. The average Bonchev–Trinajstić information content (AvgIpc) is 3.44. The minimum absolute atomic E-state index is 0.242. The number of furan rings is 1. The number of benzene rings is 1. The Labute approximate surface area is 168 Å². The number of amides is 1. The highest BCUT2D eigenvalue weighted by atomic mass is 16.5. The third-order valence-electron chi connectivity index (χ3n) is 4.43. The molecule has 29 heavy (non-hydrogen) atoms. The zero-order chi connectivity index (χ0) is 20.1. The van der Waals surface area contributed by atoms with E-state index in [2.05, 4.69) is 10.1 Å². The van der Waals surface area contributed by atoms with Crippen molar-refractivity contribution in [3.05, 3.63) is 96.5 Å². The van der Waals surface area contributed by atoms with Crippen LogP contribution in [-0.2, 0) is 13.1 Å². The number of ether oxygens (including phenoxy) is 1. The van der Waals surface area contributed by atoms with Crippen LogP contribution in [0.25, 0.3) is 5.69 Å². The molecule has 7 nitrogen and oxygen atoms in total. The maximum Gasteiger partial charge on any atom is 0.278 e. The summed E-state index contributed by atoms with van der Waals surface area (Å²) in [6, 6.07) is 17.0. The van der Waals surface area contributed by atoms with Gasteiger partial charge in [0.25, 0.3) is 5.91 Å². The van der Waals surface area contributed by atoms with Crippen LogP contribution in [0.1, 0.15) is 21.8 Å². The Morgan fingerprint density at radius 2 is 1.97 bits per heavy atom. The molecule has 0 saturated heterocycles. The second kappa shape index (κ2) is 8.43. The predicted molar refractivity (Wildman–Crippen MR) is 107 cm³/mol. The summed E-state index contributed by atoms with van der Waals surface area (Å²) in [5.41, 5.74) is 2.00. The SMILES string of the molecule is COc1cn(-c2ccccc2)nc1C(=O)N(Cc1cccnc1)Cc1ccco1. The van der Waals surface area contributed by atoms with Gasteiger partial charge in [0.2, 0.25) is 0 Å². The first-order valence-electron chi connectivity index (χ1n) is 9.14. The Kier molecular flexibility index (Phi) is 5.38. The van der Waals surface area contributed by atoms with Crippen LogP contribution >= 0.6 is 0 Å². The third-order valence-corrected chi connectivity index (χ3v) is 4.43. The monoisotopic (exact) mass is 388 g/mol. The molecule has 146 valence electrons. The molecule has 0 atom stereocenters. The summed E-state index contributed by atoms with van der Waals surface area (Å²) in [7, 11) is 1.53. The van der Waals surface area contributed by atoms with Crippen LogP contribution in [0, 0.1) is 0 Å². The van der Waals surface area contributed by atoms with Gasteiger partial charge in [-0.05, 0) is 35.9 Å². The number of pyridine rings is 1. The zero-order valence-electron chi connectivity index (χ0n) is 15.9. The fourth-order valence-electron chi connectivity index (χ4n) is 3.02. The quantitative estimate of drug-likeness (QED) is 0.483. The van der Waals surface area contributed by atoms with Crippen molar-refractivity contribution in [3.8, 4) is 11.4 Å². The number of hydrogen-bond donors (Lipinski definition) is 0. The van der Waals surface area contributed by atoms with Gasteiger partial charge in [-0.15, -0.1) is 0 Å². The van der Waals surface area contributed by atoms with Crippen molar-refractivity contribution in [1.82, 2.24) is 19.7 Å². The van der Waals surface area contributed by atoms with E-state index in [0.717, 1.165) is 11.3 Å². The molecule has 1 amide bonds. The second-order valence-corrected chi connectivity index (χ2v) is 6.43. The maximum atomic E-state index is 13.4. The minimum atomic E-state index is -0.253. The van der Waals surface area contributed by atoms with E-state index in [1.165, 1.54) is 7.11 Å². The topological polar surface area (TPSA) is 73.4 Å². The van der Waals surface area contributed by atoms with Gasteiger partial charge in [-0.25, -0.2) is 4.68 Å². The number of aromatic nitrogens is 3. The van der Waals surface area contributed by atoms with E-state index in [4.69, 9.17) is 9.15 Å². The van der Waals surface area contributed by atoms with Gasteiger partial charge in [-0.2, -0.15) is 5.10 Å². The van der Waals surface area contributed by atoms with Crippen molar-refractivity contribution >= 4 is 5.91 Å². The van der Waals surface area contributed by atoms with E-state index in [0.29, 0.717) is 24.6 Å². The van der Waals surface area contributed by atoms with Crippen LogP contribution in [0.3, 0.4) is 0 Å². The Morgan fingerprint density at radius 3 is 2.66 bits per heavy atom. The van der Waals surface area contributed by atoms with Gasteiger partial charge in [0.05, 0.1) is 31.8 Å². The van der Waals surface area contributed by atoms with Crippen LogP contribution in [0.5, 0.6) is 5.75 Å². The first-order valence-corrected chi connectivity index (χ1v) is 9.14. The van der Waals surface area contributed by atoms with Gasteiger partial charge < -0.3 is 14.1 Å². The molecule has 0 aliphatic heterocycles. The molecular formula is C22H20N4O3. The fraction of sp³-hybridized carbons (Fsp3) is 0.136. The van der Waals surface area contributed by atoms with Crippen LogP contribution < -0.4 is 4.74 Å². The van der Waals surface area contributed by atoms with Crippen LogP contribution in [0.4, 0.5) is 0 Å². The standard InChI is InChI=1S/C22H20N4O3/c1-28-20-16-26(18-8-3-2-4-9-18)24-21(20)22(27)25(15-19-10-6-12-29-19)14-17-7-5-11-23-13-17/h2-13,16H,14-15H2,1H3. The van der Waals surface area contributed by atoms with E-state index in [1.54, 1.807) is 40.5 Å². The normalized spacial score (nSPS) is 10.7. The fourth-order valence-corrected chi connectivity index (χ4v) is 3.02. The first kappa shape index (κ1) is 18.5. The van der Waals surface area contributed by atoms with Crippen molar-refractivity contribution < 1.29 is 13.9 Å². The molecule has 7 heteroatoms. The van der Waals surface area contributed by atoms with Gasteiger partial charge in [0.1, 0.15) is 5.76 Å². The van der Waals surface area contributed by atoms with Crippen molar-refractivity contribution in [2.45, 2.75) is 13.1 Å². The molecule has 0 unspecified atom stereocenters. The summed E-state index contributed by atoms with van der Waals surface area (Å²) < 4.78 is 12.5. The highest BCUT2D eigenvalue weighted by Crippen LogP contribution is 2.23. The number of hydrogen-bond acceptors (Lipinski definition) is 5. The lowest BCUT2D eigenvalue weighted by atomic mass is 10.2. The molecular weight excluding hydrogens is 368 g/mol. The first-order chi connectivity index (χ1) is 14.2. The lowest BCUT2D eigenvalue weighted by molar-refractivity contribution is 0.0707. The Balaban J connectivity index is 1.67. The Bertz CT molecular complexity index is 1060. The summed E-state index contributed by atoms with van der Waals surface area (Å²) in [4.78, 5) is 19.2. The van der Waals surface area contributed by atoms with Crippen LogP contribution in [-0.4, -0.2) is 32.7 Å². The Morgan fingerprint density at radius 1 is 1.10 bits per heavy atom. The molecule has 4 rings (SSSR count). The third kappa shape index (κ3) is 4.19. The predicted octanol–water partition coefficient (Wildman–Crippen LogP) is 3.71. The molecule has 4 aromatic rings. The molecule has 0 spiro atoms. The van der Waals surface area contributed by atoms with E-state index in [1.807, 2.05) is 48.5 Å².